The second-order valence-electron chi connectivity index (χ2n) is 5.97. The smallest absolute Gasteiger partial charge is 0.309 e. The normalized spacial score (nSPS) is 15.6. The molecule has 1 aliphatic heterocycles. The summed E-state index contributed by atoms with van der Waals surface area (Å²) in [5.41, 5.74) is -4.26. The molecule has 1 fully saturated rings. The number of halogens is 5. The molecule has 0 amide bonds. The van der Waals surface area contributed by atoms with E-state index < -0.39 is 28.8 Å². The molecule has 3 heterocycles. The third-order valence-electron chi connectivity index (χ3n) is 4.26. The highest BCUT2D eigenvalue weighted by molar-refractivity contribution is 7.13. The van der Waals surface area contributed by atoms with Gasteiger partial charge in [-0.15, -0.1) is 11.3 Å². The van der Waals surface area contributed by atoms with Gasteiger partial charge in [-0.05, 0) is 25.3 Å². The van der Waals surface area contributed by atoms with E-state index in [1.807, 2.05) is 0 Å². The first-order valence-electron chi connectivity index (χ1n) is 7.98. The van der Waals surface area contributed by atoms with Crippen LogP contribution in [-0.4, -0.2) is 28.9 Å². The Labute approximate surface area is 154 Å². The predicted molar refractivity (Wildman–Crippen MR) is 88.3 cm³/mol. The van der Waals surface area contributed by atoms with Crippen molar-refractivity contribution in [1.29, 1.82) is 5.26 Å². The summed E-state index contributed by atoms with van der Waals surface area (Å²) in [6, 6.07) is 1.79. The summed E-state index contributed by atoms with van der Waals surface area (Å²) in [5.74, 6) is -5.34. The Bertz CT molecular complexity index is 924. The third kappa shape index (κ3) is 3.29. The summed E-state index contributed by atoms with van der Waals surface area (Å²) in [4.78, 5) is 16.7. The fourth-order valence-corrected chi connectivity index (χ4v) is 3.61. The number of piperidine rings is 1. The van der Waals surface area contributed by atoms with E-state index in [0.717, 1.165) is 35.3 Å². The molecule has 144 valence electrons. The average Bonchev–Trinajstić information content (AvgIpc) is 3.15. The largest absolute Gasteiger partial charge is 0.458 e. The fraction of sp³-hybridized carbons (Fsp3) is 0.438. The molecule has 0 N–H and O–H groups in total. The summed E-state index contributed by atoms with van der Waals surface area (Å²) in [5, 5.41) is 12.4. The number of nitriles is 1. The van der Waals surface area contributed by atoms with Crippen molar-refractivity contribution in [3.8, 4) is 16.8 Å². The number of thiazole rings is 1. The summed E-state index contributed by atoms with van der Waals surface area (Å²) >= 11 is 0.997. The van der Waals surface area contributed by atoms with E-state index in [1.54, 1.807) is 5.01 Å². The van der Waals surface area contributed by atoms with Crippen LogP contribution in [0.25, 0.3) is 10.7 Å². The van der Waals surface area contributed by atoms with Crippen molar-refractivity contribution in [2.75, 3.05) is 18.1 Å². The first kappa shape index (κ1) is 19.3. The first-order chi connectivity index (χ1) is 12.7. The van der Waals surface area contributed by atoms with Crippen molar-refractivity contribution in [3.63, 3.8) is 0 Å². The molecule has 27 heavy (non-hydrogen) atoms. The second-order valence-corrected chi connectivity index (χ2v) is 6.87. The van der Waals surface area contributed by atoms with Gasteiger partial charge in [-0.1, -0.05) is 0 Å². The highest BCUT2D eigenvalue weighted by atomic mass is 32.1. The van der Waals surface area contributed by atoms with Crippen LogP contribution in [-0.2, 0) is 5.92 Å². The number of alkyl halides is 5. The number of hydrogen-bond acceptors (Lipinski definition) is 5. The van der Waals surface area contributed by atoms with Gasteiger partial charge in [0.15, 0.2) is 0 Å². The van der Waals surface area contributed by atoms with Crippen molar-refractivity contribution >= 4 is 11.3 Å². The third-order valence-corrected chi connectivity index (χ3v) is 5.05. The number of aromatic nitrogens is 2. The molecule has 0 aliphatic carbocycles. The summed E-state index contributed by atoms with van der Waals surface area (Å²) in [6.45, 7) is 0.830. The van der Waals surface area contributed by atoms with Crippen LogP contribution in [0.5, 0.6) is 0 Å². The van der Waals surface area contributed by atoms with E-state index in [9.17, 15) is 32.0 Å². The molecule has 1 aliphatic rings. The molecule has 0 saturated carbocycles. The van der Waals surface area contributed by atoms with E-state index in [0.29, 0.717) is 19.2 Å². The molecule has 2 aromatic rings. The molecule has 0 atom stereocenters. The zero-order valence-corrected chi connectivity index (χ0v) is 14.6. The zero-order chi connectivity index (χ0) is 19.8. The van der Waals surface area contributed by atoms with Gasteiger partial charge in [0.2, 0.25) is 0 Å². The quantitative estimate of drug-likeness (QED) is 0.734. The topological polar surface area (TPSA) is 61.9 Å². The second kappa shape index (κ2) is 6.92. The van der Waals surface area contributed by atoms with Gasteiger partial charge in [0.05, 0.1) is 5.56 Å². The van der Waals surface area contributed by atoms with Crippen molar-refractivity contribution in [3.05, 3.63) is 39.1 Å². The molecule has 3 rings (SSSR count). The molecule has 2 aromatic heterocycles. The molecule has 0 unspecified atom stereocenters. The molecular formula is C16H13F5N4OS. The SMILES string of the molecule is N#Cc1c(C(F)(F)C(F)(F)F)cc(-c2nccs2)n(N2CCCCC2)c1=O. The molecular weight excluding hydrogens is 391 g/mol. The first-order valence-corrected chi connectivity index (χ1v) is 8.86. The van der Waals surface area contributed by atoms with Gasteiger partial charge in [-0.25, -0.2) is 9.66 Å². The van der Waals surface area contributed by atoms with Gasteiger partial charge in [0, 0.05) is 24.7 Å². The Kier molecular flexibility index (Phi) is 4.94. The number of rotatable bonds is 3. The van der Waals surface area contributed by atoms with Crippen LogP contribution >= 0.6 is 11.3 Å². The van der Waals surface area contributed by atoms with Gasteiger partial charge in [0.25, 0.3) is 5.56 Å². The Morgan fingerprint density at radius 3 is 2.33 bits per heavy atom. The molecule has 1 saturated heterocycles. The maximum absolute atomic E-state index is 14.0. The molecule has 5 nitrogen and oxygen atoms in total. The van der Waals surface area contributed by atoms with Crippen molar-refractivity contribution in [1.82, 2.24) is 9.66 Å². The van der Waals surface area contributed by atoms with Crippen molar-refractivity contribution < 1.29 is 22.0 Å². The van der Waals surface area contributed by atoms with Crippen molar-refractivity contribution in [2.45, 2.75) is 31.4 Å². The average molecular weight is 404 g/mol. The minimum atomic E-state index is -5.94. The maximum atomic E-state index is 14.0. The molecule has 0 radical (unpaired) electrons. The van der Waals surface area contributed by atoms with Gasteiger partial charge >= 0.3 is 12.1 Å². The summed E-state index contributed by atoms with van der Waals surface area (Å²) in [6.07, 6.45) is -2.22. The van der Waals surface area contributed by atoms with Gasteiger partial charge in [0.1, 0.15) is 22.3 Å². The van der Waals surface area contributed by atoms with Gasteiger partial charge in [-0.2, -0.15) is 27.2 Å². The standard InChI is InChI=1S/C16H13F5N4OS/c17-15(18,16(19,20)21)11-8-12(13-23-4-7-27-13)25(14(26)10(11)9-22)24-5-2-1-3-6-24/h4,7-8H,1-3,5-6H2. The Morgan fingerprint density at radius 2 is 1.81 bits per heavy atom. The lowest BCUT2D eigenvalue weighted by atomic mass is 10.0. The van der Waals surface area contributed by atoms with E-state index in [1.165, 1.54) is 17.6 Å². The lowest BCUT2D eigenvalue weighted by Gasteiger charge is -2.32. The lowest BCUT2D eigenvalue weighted by Crippen LogP contribution is -2.48. The van der Waals surface area contributed by atoms with Crippen LogP contribution in [0.3, 0.4) is 0 Å². The van der Waals surface area contributed by atoms with Crippen LogP contribution in [0.1, 0.15) is 30.4 Å². The van der Waals surface area contributed by atoms with E-state index >= 15 is 0 Å². The number of nitrogens with zero attached hydrogens (tertiary/aromatic N) is 4. The van der Waals surface area contributed by atoms with E-state index in [-0.39, 0.29) is 10.7 Å². The van der Waals surface area contributed by atoms with Gasteiger partial charge in [-0.3, -0.25) is 4.79 Å². The number of hydrogen-bond donors (Lipinski definition) is 0. The maximum Gasteiger partial charge on any atom is 0.458 e. The Balaban J connectivity index is 2.33. The molecule has 0 spiro atoms. The molecule has 0 aromatic carbocycles. The highest BCUT2D eigenvalue weighted by Gasteiger charge is 2.60. The predicted octanol–water partition coefficient (Wildman–Crippen LogP) is 3.62. The minimum Gasteiger partial charge on any atom is -0.309 e. The van der Waals surface area contributed by atoms with Crippen LogP contribution in [0.2, 0.25) is 0 Å². The minimum absolute atomic E-state index is 0.112. The number of pyridine rings is 1. The van der Waals surface area contributed by atoms with Crippen LogP contribution in [0, 0.1) is 11.3 Å². The molecule has 11 heteroatoms. The van der Waals surface area contributed by atoms with Crippen LogP contribution in [0.15, 0.2) is 22.4 Å². The fourth-order valence-electron chi connectivity index (χ4n) is 2.97. The molecule has 0 bridgehead atoms. The summed E-state index contributed by atoms with van der Waals surface area (Å²) in [7, 11) is 0. The lowest BCUT2D eigenvalue weighted by molar-refractivity contribution is -0.289. The van der Waals surface area contributed by atoms with E-state index in [2.05, 4.69) is 4.98 Å². The summed E-state index contributed by atoms with van der Waals surface area (Å²) < 4.78 is 67.8. The van der Waals surface area contributed by atoms with Gasteiger partial charge < -0.3 is 5.01 Å². The zero-order valence-electron chi connectivity index (χ0n) is 13.8. The van der Waals surface area contributed by atoms with Crippen LogP contribution < -0.4 is 10.6 Å². The van der Waals surface area contributed by atoms with Crippen LogP contribution in [0.4, 0.5) is 22.0 Å². The Morgan fingerprint density at radius 1 is 1.15 bits per heavy atom. The van der Waals surface area contributed by atoms with Crippen molar-refractivity contribution in [2.24, 2.45) is 0 Å². The monoisotopic (exact) mass is 404 g/mol. The van der Waals surface area contributed by atoms with E-state index in [4.69, 9.17) is 0 Å². The highest BCUT2D eigenvalue weighted by Crippen LogP contribution is 2.45. The Hall–Kier alpha value is -2.48.